The summed E-state index contributed by atoms with van der Waals surface area (Å²) >= 11 is 0. The van der Waals surface area contributed by atoms with Crippen molar-refractivity contribution in [2.75, 3.05) is 56.2 Å². The zero-order valence-corrected chi connectivity index (χ0v) is 17.3. The highest BCUT2D eigenvalue weighted by atomic mass is 16.5. The first-order valence-electron chi connectivity index (χ1n) is 10.3. The lowest BCUT2D eigenvalue weighted by Crippen LogP contribution is -2.51. The van der Waals surface area contributed by atoms with Crippen molar-refractivity contribution < 1.29 is 9.53 Å². The highest BCUT2D eigenvalue weighted by molar-refractivity contribution is 5.79. The summed E-state index contributed by atoms with van der Waals surface area (Å²) in [7, 11) is 1.67. The number of pyridine rings is 2. The van der Waals surface area contributed by atoms with Crippen LogP contribution >= 0.6 is 0 Å². The average Bonchev–Trinajstić information content (AvgIpc) is 2.79. The molecule has 0 aliphatic carbocycles. The number of piperidine rings is 1. The number of amides is 1. The fourth-order valence-corrected chi connectivity index (χ4v) is 4.41. The molecule has 0 aromatic carbocycles. The van der Waals surface area contributed by atoms with Crippen molar-refractivity contribution in [1.82, 2.24) is 14.9 Å². The van der Waals surface area contributed by atoms with Crippen molar-refractivity contribution in [2.24, 2.45) is 5.92 Å². The van der Waals surface area contributed by atoms with Gasteiger partial charge in [-0.3, -0.25) is 14.8 Å². The van der Waals surface area contributed by atoms with Crippen LogP contribution in [0, 0.1) is 12.8 Å². The van der Waals surface area contributed by atoms with Gasteiger partial charge in [0.25, 0.3) is 0 Å². The van der Waals surface area contributed by atoms with Crippen molar-refractivity contribution in [1.29, 1.82) is 0 Å². The standard InChI is InChI=1S/C22H29N5O2/c1-17-15-23-7-3-19(17)25-9-5-18(6-10-25)22(28)27-13-11-26(12-14-27)20-4-8-24-16-21(20)29-2/h3-4,7-8,15-16,18H,5-6,9-14H2,1-2H3. The topological polar surface area (TPSA) is 61.8 Å². The third-order valence-electron chi connectivity index (χ3n) is 6.09. The van der Waals surface area contributed by atoms with E-state index in [0.29, 0.717) is 5.91 Å². The number of piperazine rings is 1. The van der Waals surface area contributed by atoms with Gasteiger partial charge in [-0.2, -0.15) is 0 Å². The van der Waals surface area contributed by atoms with Crippen LogP contribution in [0.15, 0.2) is 36.9 Å². The first kappa shape index (κ1) is 19.5. The minimum absolute atomic E-state index is 0.135. The van der Waals surface area contributed by atoms with E-state index in [0.717, 1.165) is 63.5 Å². The van der Waals surface area contributed by atoms with Gasteiger partial charge >= 0.3 is 0 Å². The highest BCUT2D eigenvalue weighted by Crippen LogP contribution is 2.29. The van der Waals surface area contributed by atoms with E-state index >= 15 is 0 Å². The molecule has 2 aliphatic rings. The second-order valence-corrected chi connectivity index (χ2v) is 7.78. The van der Waals surface area contributed by atoms with Gasteiger partial charge in [-0.1, -0.05) is 0 Å². The molecule has 2 aliphatic heterocycles. The maximum atomic E-state index is 13.1. The van der Waals surface area contributed by atoms with Gasteiger partial charge in [-0.15, -0.1) is 0 Å². The normalized spacial score (nSPS) is 18.1. The predicted octanol–water partition coefficient (Wildman–Crippen LogP) is 2.36. The Balaban J connectivity index is 1.31. The van der Waals surface area contributed by atoms with E-state index < -0.39 is 0 Å². The molecule has 2 fully saturated rings. The van der Waals surface area contributed by atoms with E-state index in [2.05, 4.69) is 32.8 Å². The molecule has 2 aromatic heterocycles. The van der Waals surface area contributed by atoms with Crippen LogP contribution < -0.4 is 14.5 Å². The van der Waals surface area contributed by atoms with Gasteiger partial charge in [0.1, 0.15) is 0 Å². The molecule has 4 heterocycles. The molecule has 2 saturated heterocycles. The molecule has 0 unspecified atom stereocenters. The SMILES string of the molecule is COc1cnccc1N1CCN(C(=O)C2CCN(c3ccncc3C)CC2)CC1. The van der Waals surface area contributed by atoms with Crippen LogP contribution in [0.5, 0.6) is 5.75 Å². The van der Waals surface area contributed by atoms with Gasteiger partial charge in [0.05, 0.1) is 19.0 Å². The lowest BCUT2D eigenvalue weighted by atomic mass is 9.94. The number of aromatic nitrogens is 2. The number of aryl methyl sites for hydroxylation is 1. The fourth-order valence-electron chi connectivity index (χ4n) is 4.41. The molecule has 0 bridgehead atoms. The van der Waals surface area contributed by atoms with Crippen LogP contribution in [0.4, 0.5) is 11.4 Å². The Morgan fingerprint density at radius 2 is 1.55 bits per heavy atom. The van der Waals surface area contributed by atoms with E-state index in [9.17, 15) is 4.79 Å². The summed E-state index contributed by atoms with van der Waals surface area (Å²) in [6.45, 7) is 7.10. The number of methoxy groups -OCH3 is 1. The minimum atomic E-state index is 0.135. The minimum Gasteiger partial charge on any atom is -0.493 e. The van der Waals surface area contributed by atoms with Crippen molar-refractivity contribution in [2.45, 2.75) is 19.8 Å². The lowest BCUT2D eigenvalue weighted by molar-refractivity contribution is -0.136. The van der Waals surface area contributed by atoms with Crippen molar-refractivity contribution in [3.8, 4) is 5.75 Å². The number of rotatable bonds is 4. The van der Waals surface area contributed by atoms with Crippen LogP contribution in [0.1, 0.15) is 18.4 Å². The molecule has 4 rings (SSSR count). The van der Waals surface area contributed by atoms with Crippen molar-refractivity contribution in [3.63, 3.8) is 0 Å². The summed E-state index contributed by atoms with van der Waals surface area (Å²) in [5, 5.41) is 0. The summed E-state index contributed by atoms with van der Waals surface area (Å²) in [5.74, 6) is 1.24. The van der Waals surface area contributed by atoms with E-state index in [1.54, 1.807) is 19.5 Å². The van der Waals surface area contributed by atoms with E-state index in [-0.39, 0.29) is 5.92 Å². The molecular weight excluding hydrogens is 366 g/mol. The number of anilines is 2. The number of hydrogen-bond acceptors (Lipinski definition) is 6. The van der Waals surface area contributed by atoms with Gasteiger partial charge in [0.2, 0.25) is 5.91 Å². The molecule has 0 N–H and O–H groups in total. The van der Waals surface area contributed by atoms with Crippen LogP contribution in [-0.4, -0.2) is 67.2 Å². The fraction of sp³-hybridized carbons (Fsp3) is 0.500. The number of nitrogens with zero attached hydrogens (tertiary/aromatic N) is 5. The summed E-state index contributed by atoms with van der Waals surface area (Å²) in [5.41, 5.74) is 3.49. The second kappa shape index (κ2) is 8.68. The Morgan fingerprint density at radius 3 is 2.21 bits per heavy atom. The number of carbonyl (C=O) groups is 1. The number of carbonyl (C=O) groups excluding carboxylic acids is 1. The van der Waals surface area contributed by atoms with Crippen LogP contribution in [0.3, 0.4) is 0 Å². The molecule has 7 nitrogen and oxygen atoms in total. The molecule has 0 atom stereocenters. The maximum Gasteiger partial charge on any atom is 0.225 e. The zero-order chi connectivity index (χ0) is 20.2. The van der Waals surface area contributed by atoms with E-state index in [1.165, 1.54) is 11.3 Å². The van der Waals surface area contributed by atoms with Crippen molar-refractivity contribution >= 4 is 17.3 Å². The third kappa shape index (κ3) is 4.13. The summed E-state index contributed by atoms with van der Waals surface area (Å²) < 4.78 is 5.43. The first-order valence-corrected chi connectivity index (χ1v) is 10.3. The van der Waals surface area contributed by atoms with Gasteiger partial charge in [0, 0.05) is 69.5 Å². The Labute approximate surface area is 172 Å². The van der Waals surface area contributed by atoms with Gasteiger partial charge in [-0.05, 0) is 37.5 Å². The second-order valence-electron chi connectivity index (χ2n) is 7.78. The molecule has 0 saturated carbocycles. The summed E-state index contributed by atoms with van der Waals surface area (Å²) in [4.78, 5) is 28.1. The Morgan fingerprint density at radius 1 is 0.931 bits per heavy atom. The predicted molar refractivity (Wildman–Crippen MR) is 113 cm³/mol. The Kier molecular flexibility index (Phi) is 5.83. The lowest BCUT2D eigenvalue weighted by Gasteiger charge is -2.40. The molecule has 0 spiro atoms. The average molecular weight is 396 g/mol. The van der Waals surface area contributed by atoms with Crippen molar-refractivity contribution in [3.05, 3.63) is 42.5 Å². The Bertz CT molecular complexity index is 843. The van der Waals surface area contributed by atoms with Crippen LogP contribution in [0.2, 0.25) is 0 Å². The smallest absolute Gasteiger partial charge is 0.225 e. The summed E-state index contributed by atoms with van der Waals surface area (Å²) in [6.07, 6.45) is 9.11. The van der Waals surface area contributed by atoms with Crippen LogP contribution in [-0.2, 0) is 4.79 Å². The molecule has 154 valence electrons. The molecule has 7 heteroatoms. The van der Waals surface area contributed by atoms with Gasteiger partial charge in [-0.25, -0.2) is 0 Å². The third-order valence-corrected chi connectivity index (χ3v) is 6.09. The van der Waals surface area contributed by atoms with Crippen LogP contribution in [0.25, 0.3) is 0 Å². The first-order chi connectivity index (χ1) is 14.2. The van der Waals surface area contributed by atoms with Gasteiger partial charge in [0.15, 0.2) is 5.75 Å². The Hall–Kier alpha value is -2.83. The quantitative estimate of drug-likeness (QED) is 0.792. The monoisotopic (exact) mass is 395 g/mol. The number of ether oxygens (including phenoxy) is 1. The molecule has 29 heavy (non-hydrogen) atoms. The molecule has 1 amide bonds. The van der Waals surface area contributed by atoms with E-state index in [1.807, 2.05) is 23.4 Å². The zero-order valence-electron chi connectivity index (χ0n) is 17.3. The number of hydrogen-bond donors (Lipinski definition) is 0. The largest absolute Gasteiger partial charge is 0.493 e. The highest BCUT2D eigenvalue weighted by Gasteiger charge is 2.31. The summed E-state index contributed by atoms with van der Waals surface area (Å²) in [6, 6.07) is 4.05. The molecule has 2 aromatic rings. The maximum absolute atomic E-state index is 13.1. The van der Waals surface area contributed by atoms with E-state index in [4.69, 9.17) is 4.74 Å². The van der Waals surface area contributed by atoms with Gasteiger partial charge < -0.3 is 19.4 Å². The molecular formula is C22H29N5O2. The molecule has 0 radical (unpaired) electrons.